The molecule has 0 aliphatic carbocycles. The molecule has 2 aromatic carbocycles. The molecule has 0 saturated heterocycles. The zero-order chi connectivity index (χ0) is 31.8. The number of carbonyl (C=O) groups excluding carboxylic acids is 2. The van der Waals surface area contributed by atoms with Gasteiger partial charge in [0.2, 0.25) is 0 Å². The van der Waals surface area contributed by atoms with E-state index in [9.17, 15) is 9.59 Å². The first kappa shape index (κ1) is 36.3. The molecule has 1 aliphatic heterocycles. The van der Waals surface area contributed by atoms with Crippen molar-refractivity contribution in [2.45, 2.75) is 0 Å². The Kier molecular flexibility index (Phi) is 18.8. The van der Waals surface area contributed by atoms with Crippen LogP contribution in [-0.2, 0) is 37.9 Å². The number of anilines is 1. The summed E-state index contributed by atoms with van der Waals surface area (Å²) in [5.74, 6) is 0.106. The number of amides is 2. The third-order valence-electron chi connectivity index (χ3n) is 6.35. The van der Waals surface area contributed by atoms with Crippen molar-refractivity contribution in [1.29, 1.82) is 0 Å². The van der Waals surface area contributed by atoms with Gasteiger partial charge < -0.3 is 48.4 Å². The third-order valence-corrected chi connectivity index (χ3v) is 6.35. The minimum absolute atomic E-state index is 0.214. The van der Waals surface area contributed by atoms with Crippen molar-refractivity contribution in [3.05, 3.63) is 59.7 Å². The molecule has 2 N–H and O–H groups in total. The van der Waals surface area contributed by atoms with Crippen molar-refractivity contribution in [2.75, 3.05) is 125 Å². The maximum atomic E-state index is 12.3. The normalized spacial score (nSPS) is 12.7. The van der Waals surface area contributed by atoms with Gasteiger partial charge >= 0.3 is 0 Å². The molecule has 250 valence electrons. The highest BCUT2D eigenvalue weighted by molar-refractivity contribution is 6.21. The molecule has 0 radical (unpaired) electrons. The molecule has 0 fully saturated rings. The Bertz CT molecular complexity index is 1070. The Labute approximate surface area is 264 Å². The summed E-state index contributed by atoms with van der Waals surface area (Å²) < 4.78 is 49.3. The van der Waals surface area contributed by atoms with Gasteiger partial charge in [-0.3, -0.25) is 14.5 Å². The van der Waals surface area contributed by atoms with Crippen molar-refractivity contribution >= 4 is 17.5 Å². The number of nitrogens with two attached hydrogens (primary N) is 1. The molecule has 1 aliphatic rings. The van der Waals surface area contributed by atoms with Crippen molar-refractivity contribution in [1.82, 2.24) is 4.90 Å². The number of nitrogens with zero attached hydrogens (tertiary/aromatic N) is 1. The second-order valence-corrected chi connectivity index (χ2v) is 9.59. The molecule has 0 spiro atoms. The number of fused-ring (bicyclic) bond motifs is 1. The van der Waals surface area contributed by atoms with Gasteiger partial charge in [-0.25, -0.2) is 0 Å². The molecule has 0 atom stereocenters. The molecule has 2 amide bonds. The van der Waals surface area contributed by atoms with Gasteiger partial charge in [-0.1, -0.05) is 24.3 Å². The number of hydrogen-bond donors (Lipinski definition) is 1. The summed E-state index contributed by atoms with van der Waals surface area (Å²) in [6.07, 6.45) is 0. The molecule has 13 heteroatoms. The Morgan fingerprint density at radius 2 is 0.778 bits per heavy atom. The molecule has 1 heterocycles. The highest BCUT2D eigenvalue weighted by Crippen LogP contribution is 2.22. The Morgan fingerprint density at radius 1 is 0.444 bits per heavy atom. The zero-order valence-electron chi connectivity index (χ0n) is 25.9. The quantitative estimate of drug-likeness (QED) is 0.0831. The number of benzene rings is 2. The molecule has 0 aromatic heterocycles. The standard InChI is InChI=1S/C32H46N2O11/c33-29-7-3-4-8-30(29)45-26-25-44-24-23-43-22-21-42-20-19-41-18-17-40-16-15-39-14-13-38-12-11-37-10-9-34-31(35)27-5-1-2-6-28(27)32(34)36/h1-8H,9-26,33H2. The first-order chi connectivity index (χ1) is 22.2. The van der Waals surface area contributed by atoms with E-state index < -0.39 is 0 Å². The van der Waals surface area contributed by atoms with E-state index in [1.165, 1.54) is 4.90 Å². The first-order valence-electron chi connectivity index (χ1n) is 15.2. The second-order valence-electron chi connectivity index (χ2n) is 9.59. The van der Waals surface area contributed by atoms with Gasteiger partial charge in [0.1, 0.15) is 12.4 Å². The summed E-state index contributed by atoms with van der Waals surface area (Å²) >= 11 is 0. The molecule has 0 bridgehead atoms. The highest BCUT2D eigenvalue weighted by Gasteiger charge is 2.34. The van der Waals surface area contributed by atoms with E-state index in [2.05, 4.69) is 0 Å². The van der Waals surface area contributed by atoms with Crippen LogP contribution in [0.2, 0.25) is 0 Å². The number of nitrogen functional groups attached to an aromatic ring is 1. The molecule has 45 heavy (non-hydrogen) atoms. The van der Waals surface area contributed by atoms with Gasteiger partial charge in [0, 0.05) is 0 Å². The summed E-state index contributed by atoms with van der Waals surface area (Å²) in [4.78, 5) is 25.8. The minimum Gasteiger partial charge on any atom is -0.489 e. The summed E-state index contributed by atoms with van der Waals surface area (Å²) in [6.45, 7) is 7.82. The van der Waals surface area contributed by atoms with Crippen LogP contribution in [0.4, 0.5) is 5.69 Å². The van der Waals surface area contributed by atoms with E-state index in [0.29, 0.717) is 128 Å². The smallest absolute Gasteiger partial charge is 0.261 e. The van der Waals surface area contributed by atoms with Gasteiger partial charge in [-0.15, -0.1) is 0 Å². The van der Waals surface area contributed by atoms with Gasteiger partial charge in [0.15, 0.2) is 0 Å². The number of carbonyl (C=O) groups is 2. The molecule has 2 aromatic rings. The van der Waals surface area contributed by atoms with Crippen LogP contribution >= 0.6 is 0 Å². The van der Waals surface area contributed by atoms with Crippen molar-refractivity contribution in [3.63, 3.8) is 0 Å². The predicted molar refractivity (Wildman–Crippen MR) is 165 cm³/mol. The fourth-order valence-electron chi connectivity index (χ4n) is 4.06. The van der Waals surface area contributed by atoms with E-state index in [1.54, 1.807) is 30.3 Å². The second kappa shape index (κ2) is 23.2. The number of imide groups is 1. The molecule has 3 rings (SSSR count). The van der Waals surface area contributed by atoms with Crippen molar-refractivity contribution in [3.8, 4) is 5.75 Å². The SMILES string of the molecule is Nc1ccccc1OCCOCCOCCOCCOCCOCCOCCOCCOCCN1C(=O)c2ccccc2C1=O. The number of rotatable bonds is 28. The molecule has 0 unspecified atom stereocenters. The molecule has 13 nitrogen and oxygen atoms in total. The Morgan fingerprint density at radius 3 is 1.18 bits per heavy atom. The van der Waals surface area contributed by atoms with Crippen molar-refractivity contribution < 1.29 is 52.2 Å². The summed E-state index contributed by atoms with van der Waals surface area (Å²) in [5, 5.41) is 0. The lowest BCUT2D eigenvalue weighted by molar-refractivity contribution is -0.0238. The maximum Gasteiger partial charge on any atom is 0.261 e. The Hall–Kier alpha value is -3.14. The van der Waals surface area contributed by atoms with Crippen LogP contribution < -0.4 is 10.5 Å². The van der Waals surface area contributed by atoms with Crippen LogP contribution in [0.3, 0.4) is 0 Å². The monoisotopic (exact) mass is 634 g/mol. The van der Waals surface area contributed by atoms with Crippen LogP contribution in [0.25, 0.3) is 0 Å². The average molecular weight is 635 g/mol. The van der Waals surface area contributed by atoms with E-state index in [4.69, 9.17) is 48.4 Å². The van der Waals surface area contributed by atoms with Gasteiger partial charge in [0.05, 0.1) is 129 Å². The Balaban J connectivity index is 0.954. The molecular weight excluding hydrogens is 588 g/mol. The molecule has 0 saturated carbocycles. The van der Waals surface area contributed by atoms with Crippen molar-refractivity contribution in [2.24, 2.45) is 0 Å². The topological polar surface area (TPSA) is 146 Å². The summed E-state index contributed by atoms with van der Waals surface area (Å²) in [5.41, 5.74) is 7.31. The number of hydrogen-bond acceptors (Lipinski definition) is 12. The lowest BCUT2D eigenvalue weighted by atomic mass is 10.1. The van der Waals surface area contributed by atoms with Crippen LogP contribution in [0, 0.1) is 0 Å². The first-order valence-corrected chi connectivity index (χ1v) is 15.2. The number of para-hydroxylation sites is 2. The predicted octanol–water partition coefficient (Wildman–Crippen LogP) is 2.08. The van der Waals surface area contributed by atoms with E-state index >= 15 is 0 Å². The lowest BCUT2D eigenvalue weighted by Crippen LogP contribution is -2.33. The summed E-state index contributed by atoms with van der Waals surface area (Å²) in [7, 11) is 0. The maximum absolute atomic E-state index is 12.3. The zero-order valence-corrected chi connectivity index (χ0v) is 25.9. The number of ether oxygens (including phenoxy) is 9. The van der Waals surface area contributed by atoms with E-state index in [-0.39, 0.29) is 25.0 Å². The van der Waals surface area contributed by atoms with Crippen LogP contribution in [-0.4, -0.2) is 136 Å². The molecular formula is C32H46N2O11. The van der Waals surface area contributed by atoms with Crippen LogP contribution in [0.15, 0.2) is 48.5 Å². The third kappa shape index (κ3) is 14.7. The van der Waals surface area contributed by atoms with Crippen LogP contribution in [0.1, 0.15) is 20.7 Å². The fraction of sp³-hybridized carbons (Fsp3) is 0.562. The van der Waals surface area contributed by atoms with E-state index in [0.717, 1.165) is 0 Å². The fourth-order valence-corrected chi connectivity index (χ4v) is 4.06. The van der Waals surface area contributed by atoms with E-state index in [1.807, 2.05) is 18.2 Å². The summed E-state index contributed by atoms with van der Waals surface area (Å²) in [6, 6.07) is 14.2. The minimum atomic E-state index is -0.278. The highest BCUT2D eigenvalue weighted by atomic mass is 16.6. The average Bonchev–Trinajstić information content (AvgIpc) is 3.30. The van der Waals surface area contributed by atoms with Crippen LogP contribution in [0.5, 0.6) is 5.75 Å². The van der Waals surface area contributed by atoms with Gasteiger partial charge in [0.25, 0.3) is 11.8 Å². The lowest BCUT2D eigenvalue weighted by Gasteiger charge is -2.13. The van der Waals surface area contributed by atoms with Gasteiger partial charge in [-0.2, -0.15) is 0 Å². The van der Waals surface area contributed by atoms with Gasteiger partial charge in [-0.05, 0) is 24.3 Å². The largest absolute Gasteiger partial charge is 0.489 e.